The van der Waals surface area contributed by atoms with Crippen molar-refractivity contribution < 1.29 is 4.79 Å². The average Bonchev–Trinajstić information content (AvgIpc) is 3.04. The molecule has 6 atom stereocenters. The Hall–Kier alpha value is -2.52. The number of fused-ring (bicyclic) bond motifs is 2. The van der Waals surface area contributed by atoms with Gasteiger partial charge in [-0.05, 0) is 56.7 Å². The zero-order chi connectivity index (χ0) is 24.0. The lowest BCUT2D eigenvalue weighted by atomic mass is 9.69. The van der Waals surface area contributed by atoms with Crippen molar-refractivity contribution in [1.82, 2.24) is 5.32 Å². The van der Waals surface area contributed by atoms with Gasteiger partial charge in [0, 0.05) is 29.0 Å². The summed E-state index contributed by atoms with van der Waals surface area (Å²) in [6, 6.07) is 16.5. The van der Waals surface area contributed by atoms with Gasteiger partial charge in [0.05, 0.1) is 11.7 Å². The predicted octanol–water partition coefficient (Wildman–Crippen LogP) is 6.40. The fourth-order valence-corrected chi connectivity index (χ4v) is 6.77. The summed E-state index contributed by atoms with van der Waals surface area (Å²) in [7, 11) is 0. The van der Waals surface area contributed by atoms with Crippen LogP contribution < -0.4 is 5.32 Å². The van der Waals surface area contributed by atoms with Crippen LogP contribution in [0.2, 0.25) is 0 Å². The molecule has 174 valence electrons. The molecule has 0 aliphatic heterocycles. The second-order valence-corrected chi connectivity index (χ2v) is 10.7. The van der Waals surface area contributed by atoms with Gasteiger partial charge in [0.1, 0.15) is 6.29 Å². The molecule has 1 N–H and O–H groups in total. The lowest BCUT2D eigenvalue weighted by Gasteiger charge is -2.42. The van der Waals surface area contributed by atoms with E-state index in [1.54, 1.807) is 0 Å². The van der Waals surface area contributed by atoms with Gasteiger partial charge < -0.3 is 10.1 Å². The highest BCUT2D eigenvalue weighted by atomic mass is 16.1. The van der Waals surface area contributed by atoms with Crippen LogP contribution in [0.25, 0.3) is 0 Å². The summed E-state index contributed by atoms with van der Waals surface area (Å²) in [6.45, 7) is 16.0. The average molecular weight is 443 g/mol. The van der Waals surface area contributed by atoms with Gasteiger partial charge in [-0.1, -0.05) is 80.4 Å². The maximum absolute atomic E-state index is 12.2. The maximum Gasteiger partial charge on any atom is 0.137 e. The maximum atomic E-state index is 12.2. The minimum absolute atomic E-state index is 0.0107. The topological polar surface area (TPSA) is 41.5 Å². The third kappa shape index (κ3) is 3.61. The molecule has 1 fully saturated rings. The van der Waals surface area contributed by atoms with Crippen molar-refractivity contribution in [3.05, 3.63) is 76.4 Å². The summed E-state index contributed by atoms with van der Waals surface area (Å²) in [6.07, 6.45) is 3.97. The summed E-state index contributed by atoms with van der Waals surface area (Å²) in [5.41, 5.74) is 7.58. The smallest absolute Gasteiger partial charge is 0.137 e. The minimum Gasteiger partial charge on any atom is -0.303 e. The van der Waals surface area contributed by atoms with E-state index in [-0.39, 0.29) is 28.8 Å². The summed E-state index contributed by atoms with van der Waals surface area (Å²) in [5.74, 6) is 0.666. The lowest BCUT2D eigenvalue weighted by molar-refractivity contribution is -0.110. The molecule has 2 bridgehead atoms. The first kappa shape index (κ1) is 23.6. The number of hydrogen-bond donors (Lipinski definition) is 1. The quantitative estimate of drug-likeness (QED) is 0.306. The first-order valence-electron chi connectivity index (χ1n) is 12.2. The Labute approximate surface area is 199 Å². The fourth-order valence-electron chi connectivity index (χ4n) is 6.77. The molecule has 2 aliphatic rings. The van der Waals surface area contributed by atoms with Gasteiger partial charge in [-0.2, -0.15) is 0 Å². The van der Waals surface area contributed by atoms with Crippen LogP contribution in [0, 0.1) is 36.5 Å². The van der Waals surface area contributed by atoms with E-state index in [9.17, 15) is 4.79 Å². The van der Waals surface area contributed by atoms with Crippen molar-refractivity contribution in [2.75, 3.05) is 0 Å². The second-order valence-electron chi connectivity index (χ2n) is 10.7. The van der Waals surface area contributed by atoms with Crippen molar-refractivity contribution in [1.29, 1.82) is 0 Å². The Bertz CT molecular complexity index is 1080. The van der Waals surface area contributed by atoms with Gasteiger partial charge in [0.2, 0.25) is 0 Å². The molecule has 0 saturated heterocycles. The van der Waals surface area contributed by atoms with E-state index in [2.05, 4.69) is 90.3 Å². The predicted molar refractivity (Wildman–Crippen MR) is 138 cm³/mol. The summed E-state index contributed by atoms with van der Waals surface area (Å²) < 4.78 is 0. The molecule has 0 heterocycles. The first-order valence-corrected chi connectivity index (χ1v) is 12.2. The van der Waals surface area contributed by atoms with E-state index >= 15 is 0 Å². The van der Waals surface area contributed by atoms with Crippen LogP contribution >= 0.6 is 0 Å². The monoisotopic (exact) mass is 442 g/mol. The largest absolute Gasteiger partial charge is 0.303 e. The van der Waals surface area contributed by atoms with Gasteiger partial charge in [-0.25, -0.2) is 0 Å². The molecule has 0 amide bonds. The summed E-state index contributed by atoms with van der Waals surface area (Å²) >= 11 is 0. The Morgan fingerprint density at radius 3 is 2.15 bits per heavy atom. The number of hydrogen-bond acceptors (Lipinski definition) is 3. The van der Waals surface area contributed by atoms with Gasteiger partial charge in [0.15, 0.2) is 0 Å². The molecule has 1 saturated carbocycles. The van der Waals surface area contributed by atoms with E-state index < -0.39 is 0 Å². The molecule has 3 nitrogen and oxygen atoms in total. The van der Waals surface area contributed by atoms with E-state index in [1.165, 1.54) is 27.8 Å². The van der Waals surface area contributed by atoms with E-state index in [1.807, 2.05) is 18.2 Å². The number of aryl methyl sites for hydroxylation is 2. The molecule has 0 spiro atoms. The highest BCUT2D eigenvalue weighted by molar-refractivity contribution is 5.74. The molecule has 2 aromatic rings. The summed E-state index contributed by atoms with van der Waals surface area (Å²) in [5, 5.41) is 3.81. The zero-order valence-corrected chi connectivity index (χ0v) is 21.1. The third-order valence-corrected chi connectivity index (χ3v) is 9.34. The number of benzene rings is 2. The van der Waals surface area contributed by atoms with Crippen molar-refractivity contribution in [3.63, 3.8) is 0 Å². The SMILES string of the molecule is CC1=C(C)C2(C)C(N[C@H](C=O)Cc3ccccc3)C(C=Nc3c(C)cccc3C)C1(C)C2C. The van der Waals surface area contributed by atoms with Gasteiger partial charge in [0.25, 0.3) is 0 Å². The van der Waals surface area contributed by atoms with Crippen LogP contribution in [0.5, 0.6) is 0 Å². The van der Waals surface area contributed by atoms with Crippen LogP contribution in [0.15, 0.2) is 64.7 Å². The van der Waals surface area contributed by atoms with Crippen molar-refractivity contribution in [3.8, 4) is 0 Å². The molecule has 2 aromatic carbocycles. The number of nitrogens with one attached hydrogen (secondary N) is 1. The number of nitrogens with zero attached hydrogens (tertiary/aromatic N) is 1. The minimum atomic E-state index is -0.228. The van der Waals surface area contributed by atoms with Crippen LogP contribution in [0.1, 0.15) is 51.3 Å². The first-order chi connectivity index (χ1) is 15.6. The van der Waals surface area contributed by atoms with Crippen molar-refractivity contribution in [2.45, 2.75) is 67.0 Å². The standard InChI is InChI=1S/C30H38N2O/c1-19-12-11-13-20(2)27(19)31-17-26-28(30(7)22(4)21(3)29(26,6)23(30)5)32-25(18-33)16-24-14-9-8-10-15-24/h8-15,17-18,23,25-26,28,32H,16H2,1-7H3/t23?,25-,26?,28?,29?,30?/m0/s1. The molecular formula is C30H38N2O. The van der Waals surface area contributed by atoms with Crippen molar-refractivity contribution >= 4 is 18.2 Å². The number of allylic oxidation sites excluding steroid dienone is 1. The Balaban J connectivity index is 1.73. The van der Waals surface area contributed by atoms with Crippen molar-refractivity contribution in [2.24, 2.45) is 27.7 Å². The van der Waals surface area contributed by atoms with Crippen LogP contribution in [-0.4, -0.2) is 24.6 Å². The van der Waals surface area contributed by atoms with Gasteiger partial charge in [-0.15, -0.1) is 0 Å². The Morgan fingerprint density at radius 2 is 1.55 bits per heavy atom. The normalized spacial score (nSPS) is 32.0. The molecule has 0 radical (unpaired) electrons. The molecule has 2 aliphatic carbocycles. The Kier molecular flexibility index (Phi) is 6.22. The van der Waals surface area contributed by atoms with Gasteiger partial charge >= 0.3 is 0 Å². The molecular weight excluding hydrogens is 404 g/mol. The highest BCUT2D eigenvalue weighted by Crippen LogP contribution is 2.69. The third-order valence-electron chi connectivity index (χ3n) is 9.34. The van der Waals surface area contributed by atoms with Crippen LogP contribution in [-0.2, 0) is 11.2 Å². The fraction of sp³-hybridized carbons (Fsp3) is 0.467. The molecule has 3 heteroatoms. The summed E-state index contributed by atoms with van der Waals surface area (Å²) in [4.78, 5) is 17.2. The lowest BCUT2D eigenvalue weighted by Crippen LogP contribution is -2.53. The van der Waals surface area contributed by atoms with E-state index in [4.69, 9.17) is 4.99 Å². The number of aldehydes is 1. The number of carbonyl (C=O) groups excluding carboxylic acids is 1. The number of carbonyl (C=O) groups is 1. The highest BCUT2D eigenvalue weighted by Gasteiger charge is 2.67. The zero-order valence-electron chi connectivity index (χ0n) is 21.1. The Morgan fingerprint density at radius 1 is 0.939 bits per heavy atom. The molecule has 0 aromatic heterocycles. The number of rotatable bonds is 7. The van der Waals surface area contributed by atoms with Crippen LogP contribution in [0.4, 0.5) is 5.69 Å². The number of aliphatic imine (C=N–C) groups is 1. The molecule has 5 unspecified atom stereocenters. The molecule has 33 heavy (non-hydrogen) atoms. The number of para-hydroxylation sites is 1. The second kappa shape index (κ2) is 8.68. The van der Waals surface area contributed by atoms with E-state index in [0.717, 1.165) is 12.0 Å². The molecule has 4 rings (SSSR count). The van der Waals surface area contributed by atoms with Crippen LogP contribution in [0.3, 0.4) is 0 Å². The van der Waals surface area contributed by atoms with Gasteiger partial charge in [-0.3, -0.25) is 4.99 Å². The van der Waals surface area contributed by atoms with E-state index in [0.29, 0.717) is 12.3 Å².